The fourth-order valence-corrected chi connectivity index (χ4v) is 1.55. The summed E-state index contributed by atoms with van der Waals surface area (Å²) < 4.78 is 0. The summed E-state index contributed by atoms with van der Waals surface area (Å²) in [5, 5.41) is 15.9. The van der Waals surface area contributed by atoms with E-state index in [1.165, 1.54) is 25.1 Å². The van der Waals surface area contributed by atoms with Gasteiger partial charge < -0.3 is 26.3 Å². The first-order valence-corrected chi connectivity index (χ1v) is 6.07. The number of carbonyl (C=O) groups is 3. The largest absolute Gasteiger partial charge is 0.545 e. The van der Waals surface area contributed by atoms with Gasteiger partial charge in [0.25, 0.3) is 0 Å². The van der Waals surface area contributed by atoms with Crippen LogP contribution in [0.1, 0.15) is 30.1 Å². The Hall–Kier alpha value is -2.41. The van der Waals surface area contributed by atoms with E-state index in [2.05, 4.69) is 10.6 Å². The summed E-state index contributed by atoms with van der Waals surface area (Å²) in [6.07, 6.45) is 0.729. The zero-order chi connectivity index (χ0) is 15.1. The molecule has 7 heteroatoms. The highest BCUT2D eigenvalue weighted by atomic mass is 16.4. The number of nitrogens with two attached hydrogens (primary N) is 1. The molecule has 0 spiro atoms. The number of anilines is 2. The lowest BCUT2D eigenvalue weighted by Gasteiger charge is -2.13. The predicted molar refractivity (Wildman–Crippen MR) is 72.0 cm³/mol. The zero-order valence-electron chi connectivity index (χ0n) is 11.1. The number of carboxylic acid groups (broad SMARTS) is 1. The van der Waals surface area contributed by atoms with Crippen LogP contribution in [-0.2, 0) is 9.59 Å². The van der Waals surface area contributed by atoms with Crippen molar-refractivity contribution < 1.29 is 19.5 Å². The van der Waals surface area contributed by atoms with Gasteiger partial charge in [0.1, 0.15) is 0 Å². The van der Waals surface area contributed by atoms with E-state index < -0.39 is 5.97 Å². The number of carboxylic acids is 1. The lowest BCUT2D eigenvalue weighted by molar-refractivity contribution is -0.255. The molecule has 0 aliphatic rings. The Balaban J connectivity index is 2.98. The smallest absolute Gasteiger partial charge is 0.224 e. The van der Waals surface area contributed by atoms with Crippen molar-refractivity contribution in [3.63, 3.8) is 0 Å². The third-order valence-electron chi connectivity index (χ3n) is 2.45. The molecular formula is C13H16N3O4-. The highest BCUT2D eigenvalue weighted by Gasteiger charge is 2.09. The number of hydrogen-bond acceptors (Lipinski definition) is 5. The van der Waals surface area contributed by atoms with E-state index in [-0.39, 0.29) is 29.5 Å². The Morgan fingerprint density at radius 2 is 1.90 bits per heavy atom. The summed E-state index contributed by atoms with van der Waals surface area (Å²) in [5.74, 6) is -2.00. The van der Waals surface area contributed by atoms with Crippen LogP contribution in [0.3, 0.4) is 0 Å². The highest BCUT2D eigenvalue weighted by molar-refractivity contribution is 6.00. The van der Waals surface area contributed by atoms with Gasteiger partial charge in [-0.1, -0.05) is 6.07 Å². The SMILES string of the molecule is CC(=O)Nc1ccc(C(=O)[O-])cc1NC(=O)CCCN. The minimum atomic E-state index is -1.36. The van der Waals surface area contributed by atoms with E-state index in [0.717, 1.165) is 0 Å². The zero-order valence-corrected chi connectivity index (χ0v) is 11.1. The van der Waals surface area contributed by atoms with Gasteiger partial charge in [0.05, 0.1) is 17.3 Å². The fraction of sp³-hybridized carbons (Fsp3) is 0.308. The Kier molecular flexibility index (Phi) is 5.67. The fourth-order valence-electron chi connectivity index (χ4n) is 1.55. The molecule has 2 amide bonds. The summed E-state index contributed by atoms with van der Waals surface area (Å²) in [4.78, 5) is 33.5. The third-order valence-corrected chi connectivity index (χ3v) is 2.45. The number of benzene rings is 1. The molecule has 0 aliphatic heterocycles. The second-order valence-corrected chi connectivity index (χ2v) is 4.17. The second-order valence-electron chi connectivity index (χ2n) is 4.17. The highest BCUT2D eigenvalue weighted by Crippen LogP contribution is 2.23. The maximum Gasteiger partial charge on any atom is 0.224 e. The molecule has 0 bridgehead atoms. The average Bonchev–Trinajstić information content (AvgIpc) is 2.37. The average molecular weight is 278 g/mol. The Morgan fingerprint density at radius 1 is 1.20 bits per heavy atom. The molecule has 0 aliphatic carbocycles. The lowest BCUT2D eigenvalue weighted by Crippen LogP contribution is -2.23. The number of nitrogens with one attached hydrogen (secondary N) is 2. The van der Waals surface area contributed by atoms with Crippen LogP contribution in [0.5, 0.6) is 0 Å². The Labute approximate surface area is 116 Å². The molecule has 0 radical (unpaired) electrons. The van der Waals surface area contributed by atoms with Crippen LogP contribution >= 0.6 is 0 Å². The van der Waals surface area contributed by atoms with Gasteiger partial charge in [0, 0.05) is 13.3 Å². The minimum Gasteiger partial charge on any atom is -0.545 e. The minimum absolute atomic E-state index is 0.0896. The predicted octanol–water partition coefficient (Wildman–Crippen LogP) is -0.314. The summed E-state index contributed by atoms with van der Waals surface area (Å²) in [6, 6.07) is 3.92. The summed E-state index contributed by atoms with van der Waals surface area (Å²) in [5.41, 5.74) is 5.75. The van der Waals surface area contributed by atoms with Gasteiger partial charge in [-0.2, -0.15) is 0 Å². The molecule has 0 atom stereocenters. The van der Waals surface area contributed by atoms with Crippen LogP contribution < -0.4 is 21.5 Å². The van der Waals surface area contributed by atoms with E-state index in [4.69, 9.17) is 5.73 Å². The maximum absolute atomic E-state index is 11.6. The summed E-state index contributed by atoms with van der Waals surface area (Å²) in [6.45, 7) is 1.69. The molecule has 1 aromatic rings. The molecule has 7 nitrogen and oxygen atoms in total. The monoisotopic (exact) mass is 278 g/mol. The van der Waals surface area contributed by atoms with Crippen LogP contribution in [0.15, 0.2) is 18.2 Å². The first-order chi connectivity index (χ1) is 9.43. The van der Waals surface area contributed by atoms with E-state index in [9.17, 15) is 19.5 Å². The van der Waals surface area contributed by atoms with Gasteiger partial charge in [-0.15, -0.1) is 0 Å². The van der Waals surface area contributed by atoms with Gasteiger partial charge in [-0.05, 0) is 30.7 Å². The second kappa shape index (κ2) is 7.25. The first kappa shape index (κ1) is 15.6. The number of amides is 2. The lowest BCUT2D eigenvalue weighted by atomic mass is 10.1. The van der Waals surface area contributed by atoms with Gasteiger partial charge in [0.15, 0.2) is 0 Å². The molecule has 0 unspecified atom stereocenters. The summed E-state index contributed by atoms with van der Waals surface area (Å²) in [7, 11) is 0. The van der Waals surface area contributed by atoms with Crippen molar-refractivity contribution in [1.82, 2.24) is 0 Å². The van der Waals surface area contributed by atoms with Crippen LogP contribution in [0, 0.1) is 0 Å². The normalized spacial score (nSPS) is 9.90. The molecule has 20 heavy (non-hydrogen) atoms. The Bertz CT molecular complexity index is 528. The van der Waals surface area contributed by atoms with E-state index >= 15 is 0 Å². The maximum atomic E-state index is 11.6. The molecule has 0 saturated heterocycles. The van der Waals surface area contributed by atoms with Crippen molar-refractivity contribution in [1.29, 1.82) is 0 Å². The molecule has 4 N–H and O–H groups in total. The molecule has 1 rings (SSSR count). The van der Waals surface area contributed by atoms with Crippen molar-refractivity contribution in [3.8, 4) is 0 Å². The van der Waals surface area contributed by atoms with Crippen molar-refractivity contribution in [3.05, 3.63) is 23.8 Å². The van der Waals surface area contributed by atoms with Crippen molar-refractivity contribution in [2.24, 2.45) is 5.73 Å². The number of carbonyl (C=O) groups excluding carboxylic acids is 3. The summed E-state index contributed by atoms with van der Waals surface area (Å²) >= 11 is 0. The molecule has 1 aromatic carbocycles. The van der Waals surface area contributed by atoms with Crippen molar-refractivity contribution in [2.45, 2.75) is 19.8 Å². The number of hydrogen-bond donors (Lipinski definition) is 3. The van der Waals surface area contributed by atoms with Gasteiger partial charge in [-0.3, -0.25) is 9.59 Å². The van der Waals surface area contributed by atoms with Crippen molar-refractivity contribution >= 4 is 29.2 Å². The third kappa shape index (κ3) is 4.69. The van der Waals surface area contributed by atoms with Crippen LogP contribution in [0.4, 0.5) is 11.4 Å². The number of rotatable bonds is 6. The van der Waals surface area contributed by atoms with Crippen molar-refractivity contribution in [2.75, 3.05) is 17.2 Å². The van der Waals surface area contributed by atoms with Gasteiger partial charge in [0.2, 0.25) is 11.8 Å². The first-order valence-electron chi connectivity index (χ1n) is 6.07. The molecular weight excluding hydrogens is 262 g/mol. The number of aromatic carboxylic acids is 1. The molecule has 0 heterocycles. The molecule has 0 aromatic heterocycles. The van der Waals surface area contributed by atoms with Crippen LogP contribution in [0.25, 0.3) is 0 Å². The van der Waals surface area contributed by atoms with E-state index in [1.54, 1.807) is 0 Å². The van der Waals surface area contributed by atoms with Gasteiger partial charge >= 0.3 is 0 Å². The standard InChI is InChI=1S/C13H17N3O4/c1-8(17)15-10-5-4-9(13(19)20)7-11(10)16-12(18)3-2-6-14/h4-5,7H,2-3,6,14H2,1H3,(H,15,17)(H,16,18)(H,19,20)/p-1. The van der Waals surface area contributed by atoms with Crippen LogP contribution in [0.2, 0.25) is 0 Å². The van der Waals surface area contributed by atoms with Gasteiger partial charge in [-0.25, -0.2) is 0 Å². The van der Waals surface area contributed by atoms with E-state index in [0.29, 0.717) is 18.7 Å². The quantitative estimate of drug-likeness (QED) is 0.658. The Morgan fingerprint density at radius 3 is 2.45 bits per heavy atom. The molecule has 0 fully saturated rings. The topological polar surface area (TPSA) is 124 Å². The molecule has 108 valence electrons. The van der Waals surface area contributed by atoms with Crippen LogP contribution in [-0.4, -0.2) is 24.3 Å². The molecule has 0 saturated carbocycles. The van der Waals surface area contributed by atoms with E-state index in [1.807, 2.05) is 0 Å².